The number of carbonyl (C=O) groups is 1. The average Bonchev–Trinajstić information content (AvgIpc) is 3.02. The van der Waals surface area contributed by atoms with Gasteiger partial charge in [0.15, 0.2) is 0 Å². The molecule has 0 bridgehead atoms. The van der Waals surface area contributed by atoms with E-state index in [0.29, 0.717) is 6.61 Å². The molecule has 3 nitrogen and oxygen atoms in total. The smallest absolute Gasteiger partial charge is 0.311 e. The summed E-state index contributed by atoms with van der Waals surface area (Å²) in [5, 5.41) is 0. The molecule has 1 aliphatic carbocycles. The second-order valence-corrected chi connectivity index (χ2v) is 5.10. The molecule has 2 atom stereocenters. The summed E-state index contributed by atoms with van der Waals surface area (Å²) in [7, 11) is 4.01. The predicted molar refractivity (Wildman–Crippen MR) is 66.4 cm³/mol. The molecular formula is C14H19NO2. The minimum absolute atomic E-state index is 0.00618. The van der Waals surface area contributed by atoms with Gasteiger partial charge in [0, 0.05) is 5.54 Å². The molecule has 0 radical (unpaired) electrons. The zero-order valence-corrected chi connectivity index (χ0v) is 10.6. The molecule has 2 unspecified atom stereocenters. The van der Waals surface area contributed by atoms with E-state index in [2.05, 4.69) is 11.8 Å². The molecule has 0 heterocycles. The topological polar surface area (TPSA) is 29.5 Å². The molecular weight excluding hydrogens is 214 g/mol. The van der Waals surface area contributed by atoms with Gasteiger partial charge in [0.1, 0.15) is 6.61 Å². The van der Waals surface area contributed by atoms with E-state index in [1.54, 1.807) is 0 Å². The third-order valence-electron chi connectivity index (χ3n) is 3.74. The van der Waals surface area contributed by atoms with E-state index in [4.69, 9.17) is 4.74 Å². The van der Waals surface area contributed by atoms with Gasteiger partial charge in [-0.1, -0.05) is 30.3 Å². The van der Waals surface area contributed by atoms with Crippen molar-refractivity contribution in [1.29, 1.82) is 0 Å². The Morgan fingerprint density at radius 1 is 1.41 bits per heavy atom. The fourth-order valence-corrected chi connectivity index (χ4v) is 2.02. The predicted octanol–water partition coefficient (Wildman–Crippen LogP) is 2.07. The van der Waals surface area contributed by atoms with Gasteiger partial charge >= 0.3 is 5.97 Å². The number of rotatable bonds is 4. The molecule has 1 saturated carbocycles. The van der Waals surface area contributed by atoms with E-state index in [0.717, 1.165) is 12.0 Å². The van der Waals surface area contributed by atoms with Crippen molar-refractivity contribution >= 4 is 5.97 Å². The summed E-state index contributed by atoms with van der Waals surface area (Å²) < 4.78 is 5.33. The molecule has 0 aromatic heterocycles. The van der Waals surface area contributed by atoms with Gasteiger partial charge in [-0.25, -0.2) is 0 Å². The Kier molecular flexibility index (Phi) is 3.20. The summed E-state index contributed by atoms with van der Waals surface area (Å²) in [5.41, 5.74) is 1.03. The molecule has 0 saturated heterocycles. The minimum atomic E-state index is -0.0787. The van der Waals surface area contributed by atoms with Crippen molar-refractivity contribution in [1.82, 2.24) is 4.90 Å². The van der Waals surface area contributed by atoms with Gasteiger partial charge in [-0.3, -0.25) is 4.79 Å². The first-order valence-corrected chi connectivity index (χ1v) is 5.92. The van der Waals surface area contributed by atoms with E-state index in [1.807, 2.05) is 44.4 Å². The van der Waals surface area contributed by atoms with Crippen LogP contribution in [0.5, 0.6) is 0 Å². The lowest BCUT2D eigenvalue weighted by Crippen LogP contribution is -2.31. The van der Waals surface area contributed by atoms with Gasteiger partial charge in [-0.05, 0) is 33.0 Å². The third kappa shape index (κ3) is 2.50. The van der Waals surface area contributed by atoms with Crippen LogP contribution in [0.15, 0.2) is 30.3 Å². The van der Waals surface area contributed by atoms with Gasteiger partial charge in [-0.15, -0.1) is 0 Å². The van der Waals surface area contributed by atoms with Crippen LogP contribution in [-0.4, -0.2) is 30.5 Å². The van der Waals surface area contributed by atoms with Crippen LogP contribution in [0, 0.1) is 5.92 Å². The van der Waals surface area contributed by atoms with Crippen molar-refractivity contribution in [3.63, 3.8) is 0 Å². The van der Waals surface area contributed by atoms with Crippen molar-refractivity contribution in [3.05, 3.63) is 35.9 Å². The minimum Gasteiger partial charge on any atom is -0.461 e. The molecule has 1 aromatic carbocycles. The van der Waals surface area contributed by atoms with Crippen LogP contribution in [-0.2, 0) is 16.1 Å². The molecule has 17 heavy (non-hydrogen) atoms. The highest BCUT2D eigenvalue weighted by atomic mass is 16.5. The van der Waals surface area contributed by atoms with Crippen LogP contribution in [0.3, 0.4) is 0 Å². The lowest BCUT2D eigenvalue weighted by atomic mass is 10.2. The van der Waals surface area contributed by atoms with E-state index in [9.17, 15) is 4.79 Å². The van der Waals surface area contributed by atoms with E-state index >= 15 is 0 Å². The molecule has 92 valence electrons. The average molecular weight is 233 g/mol. The molecule has 0 N–H and O–H groups in total. The fourth-order valence-electron chi connectivity index (χ4n) is 2.02. The second kappa shape index (κ2) is 4.49. The van der Waals surface area contributed by atoms with Crippen LogP contribution in [0.25, 0.3) is 0 Å². The molecule has 0 amide bonds. The van der Waals surface area contributed by atoms with Gasteiger partial charge in [-0.2, -0.15) is 0 Å². The van der Waals surface area contributed by atoms with Crippen LogP contribution in [0.2, 0.25) is 0 Å². The van der Waals surface area contributed by atoms with Crippen molar-refractivity contribution in [3.8, 4) is 0 Å². The molecule has 2 rings (SSSR count). The monoisotopic (exact) mass is 233 g/mol. The first kappa shape index (κ1) is 12.1. The van der Waals surface area contributed by atoms with Crippen LogP contribution >= 0.6 is 0 Å². The quantitative estimate of drug-likeness (QED) is 0.746. The maximum Gasteiger partial charge on any atom is 0.311 e. The second-order valence-electron chi connectivity index (χ2n) is 5.10. The van der Waals surface area contributed by atoms with Gasteiger partial charge in [0.2, 0.25) is 0 Å². The number of benzene rings is 1. The normalized spacial score (nSPS) is 26.9. The number of hydrogen-bond donors (Lipinski definition) is 0. The maximum atomic E-state index is 11.8. The fraction of sp³-hybridized carbons (Fsp3) is 0.500. The zero-order valence-electron chi connectivity index (χ0n) is 10.6. The molecule has 0 aliphatic heterocycles. The highest BCUT2D eigenvalue weighted by Gasteiger charge is 2.57. The summed E-state index contributed by atoms with van der Waals surface area (Å²) in [6.07, 6.45) is 0.896. The highest BCUT2D eigenvalue weighted by Crippen LogP contribution is 2.47. The van der Waals surface area contributed by atoms with Crippen molar-refractivity contribution in [2.75, 3.05) is 14.1 Å². The highest BCUT2D eigenvalue weighted by molar-refractivity contribution is 5.78. The van der Waals surface area contributed by atoms with E-state index in [1.165, 1.54) is 0 Å². The largest absolute Gasteiger partial charge is 0.461 e. The molecule has 3 heteroatoms. The summed E-state index contributed by atoms with van der Waals surface area (Å²) in [4.78, 5) is 13.9. The summed E-state index contributed by atoms with van der Waals surface area (Å²) in [6, 6.07) is 9.78. The molecule has 1 fully saturated rings. The van der Waals surface area contributed by atoms with E-state index in [-0.39, 0.29) is 17.4 Å². The summed E-state index contributed by atoms with van der Waals surface area (Å²) in [5.74, 6) is -0.0498. The maximum absolute atomic E-state index is 11.8. The first-order valence-electron chi connectivity index (χ1n) is 5.92. The van der Waals surface area contributed by atoms with E-state index < -0.39 is 0 Å². The summed E-state index contributed by atoms with van der Waals surface area (Å²) in [6.45, 7) is 2.47. The first-order chi connectivity index (χ1) is 8.04. The van der Waals surface area contributed by atoms with Gasteiger partial charge in [0.25, 0.3) is 0 Å². The third-order valence-corrected chi connectivity index (χ3v) is 3.74. The van der Waals surface area contributed by atoms with Crippen molar-refractivity contribution in [2.24, 2.45) is 5.92 Å². The number of esters is 1. The zero-order chi connectivity index (χ0) is 12.5. The lowest BCUT2D eigenvalue weighted by molar-refractivity contribution is -0.147. The number of carbonyl (C=O) groups excluding carboxylic acids is 1. The van der Waals surface area contributed by atoms with Crippen LogP contribution in [0.1, 0.15) is 18.9 Å². The Morgan fingerprint density at radius 2 is 2.06 bits per heavy atom. The van der Waals surface area contributed by atoms with Crippen molar-refractivity contribution in [2.45, 2.75) is 25.5 Å². The Hall–Kier alpha value is -1.35. The number of ether oxygens (including phenoxy) is 1. The Labute approximate surface area is 102 Å². The number of nitrogens with zero attached hydrogens (tertiary/aromatic N) is 1. The van der Waals surface area contributed by atoms with Gasteiger partial charge in [0.05, 0.1) is 5.92 Å². The molecule has 0 spiro atoms. The summed E-state index contributed by atoms with van der Waals surface area (Å²) >= 11 is 0. The molecule has 1 aliphatic rings. The lowest BCUT2D eigenvalue weighted by Gasteiger charge is -2.19. The Morgan fingerprint density at radius 3 is 2.59 bits per heavy atom. The van der Waals surface area contributed by atoms with Crippen LogP contribution in [0.4, 0.5) is 0 Å². The van der Waals surface area contributed by atoms with Gasteiger partial charge < -0.3 is 9.64 Å². The molecule has 1 aromatic rings. The Bertz CT molecular complexity index is 402. The number of hydrogen-bond acceptors (Lipinski definition) is 3. The van der Waals surface area contributed by atoms with Crippen LogP contribution < -0.4 is 0 Å². The van der Waals surface area contributed by atoms with Crippen molar-refractivity contribution < 1.29 is 9.53 Å². The Balaban J connectivity index is 1.84. The SMILES string of the molecule is CN(C)C1(C)CC1C(=O)OCc1ccccc1. The standard InChI is InChI=1S/C14H19NO2/c1-14(15(2)3)9-12(14)13(16)17-10-11-7-5-4-6-8-11/h4-8,12H,9-10H2,1-3H3.